The molecule has 4 N–H and O–H groups in total. The van der Waals surface area contributed by atoms with Crippen molar-refractivity contribution in [2.45, 2.75) is 77.3 Å². The van der Waals surface area contributed by atoms with Crippen LogP contribution < -0.4 is 20.8 Å². The van der Waals surface area contributed by atoms with Crippen LogP contribution in [0, 0.1) is 11.3 Å². The number of rotatable bonds is 16. The maximum absolute atomic E-state index is 13.9. The van der Waals surface area contributed by atoms with Crippen LogP contribution in [0.5, 0.6) is 5.75 Å². The van der Waals surface area contributed by atoms with Gasteiger partial charge in [-0.3, -0.25) is 15.2 Å². The van der Waals surface area contributed by atoms with Crippen LogP contribution in [0.4, 0.5) is 9.59 Å². The molecule has 1 unspecified atom stereocenters. The Morgan fingerprint density at radius 2 is 1.60 bits per heavy atom. The van der Waals surface area contributed by atoms with E-state index >= 15 is 0 Å². The Morgan fingerprint density at radius 1 is 0.879 bits per heavy atom. The molecule has 0 spiro atoms. The van der Waals surface area contributed by atoms with Crippen LogP contribution in [0.1, 0.15) is 43.9 Å². The number of aliphatic hydroxyl groups excluding tert-OH is 1. The minimum Gasteiger partial charge on any atom is -0.489 e. The molecule has 4 aromatic rings. The number of aromatic nitrogens is 1. The molecule has 14 heteroatoms. The zero-order valence-electron chi connectivity index (χ0n) is 33.3. The van der Waals surface area contributed by atoms with E-state index in [-0.39, 0.29) is 32.0 Å². The summed E-state index contributed by atoms with van der Waals surface area (Å²) in [7, 11) is 1.23. The van der Waals surface area contributed by atoms with E-state index in [1.807, 2.05) is 118 Å². The van der Waals surface area contributed by atoms with Gasteiger partial charge >= 0.3 is 12.2 Å². The van der Waals surface area contributed by atoms with Crippen LogP contribution in [0.2, 0.25) is 0 Å². The summed E-state index contributed by atoms with van der Waals surface area (Å²) in [4.78, 5) is 44.2. The highest BCUT2D eigenvalue weighted by Gasteiger charge is 2.44. The van der Waals surface area contributed by atoms with Gasteiger partial charge in [-0.1, -0.05) is 93.6 Å². The summed E-state index contributed by atoms with van der Waals surface area (Å²) in [6.45, 7) is 6.68. The number of alkyl carbamates (subject to hydrolysis) is 2. The number of carbonyl (C=O) groups is 3. The molecule has 6 atom stereocenters. The number of hydrogen-bond acceptors (Lipinski definition) is 11. The molecule has 2 aliphatic rings. The lowest BCUT2D eigenvalue weighted by atomic mass is 9.86. The van der Waals surface area contributed by atoms with Gasteiger partial charge in [0, 0.05) is 24.8 Å². The van der Waals surface area contributed by atoms with Gasteiger partial charge in [0.1, 0.15) is 24.5 Å². The average molecular weight is 796 g/mol. The van der Waals surface area contributed by atoms with Crippen LogP contribution in [-0.2, 0) is 43.3 Å². The third kappa shape index (κ3) is 11.8. The lowest BCUT2D eigenvalue weighted by Gasteiger charge is -2.34. The average Bonchev–Trinajstić information content (AvgIpc) is 3.85. The van der Waals surface area contributed by atoms with Gasteiger partial charge < -0.3 is 39.4 Å². The molecule has 3 aromatic carbocycles. The van der Waals surface area contributed by atoms with Crippen LogP contribution in [-0.4, -0.2) is 90.6 Å². The van der Waals surface area contributed by atoms with Crippen molar-refractivity contribution in [2.24, 2.45) is 11.3 Å². The number of aliphatic hydroxyl groups is 1. The molecule has 0 saturated carbocycles. The molecular formula is C44H53N5O9. The molecule has 0 aliphatic carbocycles. The fraction of sp³-hybridized carbons (Fsp3) is 0.409. The second kappa shape index (κ2) is 19.7. The number of pyridine rings is 1. The molecule has 58 heavy (non-hydrogen) atoms. The molecule has 14 nitrogen and oxygen atoms in total. The molecule has 3 amide bonds. The fourth-order valence-corrected chi connectivity index (χ4v) is 6.98. The Kier molecular flexibility index (Phi) is 14.3. The zero-order chi connectivity index (χ0) is 41.1. The Bertz CT molecular complexity index is 1930. The summed E-state index contributed by atoms with van der Waals surface area (Å²) >= 11 is 0. The second-order valence-electron chi connectivity index (χ2n) is 15.6. The van der Waals surface area contributed by atoms with Gasteiger partial charge in [0.15, 0.2) is 6.29 Å². The summed E-state index contributed by atoms with van der Waals surface area (Å²) in [5.41, 5.74) is 6.64. The highest BCUT2D eigenvalue weighted by molar-refractivity contribution is 5.86. The number of methoxy groups -OCH3 is 1. The van der Waals surface area contributed by atoms with E-state index in [2.05, 4.69) is 21.0 Å². The first-order chi connectivity index (χ1) is 27.9. The Morgan fingerprint density at radius 3 is 2.29 bits per heavy atom. The van der Waals surface area contributed by atoms with Gasteiger partial charge in [0.2, 0.25) is 0 Å². The third-order valence-corrected chi connectivity index (χ3v) is 10.2. The molecular weight excluding hydrogens is 743 g/mol. The van der Waals surface area contributed by atoms with E-state index < -0.39 is 54.1 Å². The van der Waals surface area contributed by atoms with Crippen LogP contribution in [0.25, 0.3) is 11.3 Å². The van der Waals surface area contributed by atoms with Crippen LogP contribution in [0.15, 0.2) is 103 Å². The molecule has 6 rings (SSSR count). The zero-order valence-corrected chi connectivity index (χ0v) is 33.3. The third-order valence-electron chi connectivity index (χ3n) is 10.2. The van der Waals surface area contributed by atoms with E-state index in [0.29, 0.717) is 25.4 Å². The van der Waals surface area contributed by atoms with Gasteiger partial charge in [-0.25, -0.2) is 14.6 Å². The first-order valence-corrected chi connectivity index (χ1v) is 19.5. The largest absolute Gasteiger partial charge is 0.489 e. The first kappa shape index (κ1) is 42.1. The van der Waals surface area contributed by atoms with E-state index in [1.165, 1.54) is 7.11 Å². The summed E-state index contributed by atoms with van der Waals surface area (Å²) in [5.74, 6) is 0.0880. The predicted molar refractivity (Wildman–Crippen MR) is 215 cm³/mol. The van der Waals surface area contributed by atoms with Crippen molar-refractivity contribution < 1.29 is 43.2 Å². The van der Waals surface area contributed by atoms with Crippen molar-refractivity contribution >= 4 is 18.1 Å². The van der Waals surface area contributed by atoms with E-state index in [9.17, 15) is 19.5 Å². The number of benzene rings is 3. The number of ether oxygens (including phenoxy) is 5. The summed E-state index contributed by atoms with van der Waals surface area (Å²) in [5, 5.41) is 19.1. The van der Waals surface area contributed by atoms with Crippen molar-refractivity contribution in [2.75, 3.05) is 26.9 Å². The van der Waals surface area contributed by atoms with E-state index in [0.717, 1.165) is 27.9 Å². The Balaban J connectivity index is 1.21. The number of carbonyl (C=O) groups excluding carboxylic acids is 3. The van der Waals surface area contributed by atoms with Gasteiger partial charge in [0.05, 0.1) is 44.1 Å². The SMILES string of the molecule is COC(=O)NC(C(=O)NN(Cc1ccc(-c2ccccn2)cc1)C[C@H](O)[C@H](Cc1ccc(OCc2ccccc2)cc1)NC(=O)O[C@H]1CO[C@H]2OCC[C@H]21)C(C)(C)C. The standard InChI is InChI=1S/C44H53N5O9/c1-44(2,3)39(47-42(52)54-4)40(51)48-49(25-30-13-17-32(18-14-30)35-12-8-9-22-45-35)26-37(50)36(46-43(53)58-38-28-57-41-34(38)21-23-55-41)24-29-15-19-33(20-16-29)56-27-31-10-6-5-7-11-31/h5-20,22,34,36-39,41,50H,21,23-28H2,1-4H3,(H,46,53)(H,47,52)(H,48,51)/t34-,36-,37-,38-,39?,41+/m0/s1. The normalized spacial score (nSPS) is 19.0. The maximum Gasteiger partial charge on any atom is 0.407 e. The fourth-order valence-electron chi connectivity index (χ4n) is 6.98. The summed E-state index contributed by atoms with van der Waals surface area (Å²) in [6, 6.07) is 28.8. The van der Waals surface area contributed by atoms with Crippen molar-refractivity contribution in [1.29, 1.82) is 0 Å². The Hall–Kier alpha value is -5.54. The summed E-state index contributed by atoms with van der Waals surface area (Å²) in [6.07, 6.45) is -0.912. The predicted octanol–water partition coefficient (Wildman–Crippen LogP) is 5.39. The van der Waals surface area contributed by atoms with Gasteiger partial charge in [-0.05, 0) is 59.2 Å². The highest BCUT2D eigenvalue weighted by atomic mass is 16.7. The van der Waals surface area contributed by atoms with Crippen molar-refractivity contribution in [1.82, 2.24) is 26.1 Å². The number of nitrogens with zero attached hydrogens (tertiary/aromatic N) is 2. The maximum atomic E-state index is 13.9. The van der Waals surface area contributed by atoms with Gasteiger partial charge in [-0.15, -0.1) is 0 Å². The molecule has 2 saturated heterocycles. The van der Waals surface area contributed by atoms with Gasteiger partial charge in [-0.2, -0.15) is 0 Å². The monoisotopic (exact) mass is 795 g/mol. The number of amides is 3. The van der Waals surface area contributed by atoms with Crippen LogP contribution >= 0.6 is 0 Å². The second-order valence-corrected chi connectivity index (χ2v) is 15.6. The molecule has 2 aliphatic heterocycles. The van der Waals surface area contributed by atoms with Crippen molar-refractivity contribution in [3.63, 3.8) is 0 Å². The first-order valence-electron chi connectivity index (χ1n) is 19.5. The number of hydrogen-bond donors (Lipinski definition) is 4. The summed E-state index contributed by atoms with van der Waals surface area (Å²) < 4.78 is 27.9. The van der Waals surface area contributed by atoms with E-state index in [1.54, 1.807) is 11.2 Å². The van der Waals surface area contributed by atoms with Gasteiger partial charge in [0.25, 0.3) is 5.91 Å². The molecule has 308 valence electrons. The quantitative estimate of drug-likeness (QED) is 0.107. The highest BCUT2D eigenvalue weighted by Crippen LogP contribution is 2.33. The number of fused-ring (bicyclic) bond motifs is 1. The number of nitrogens with one attached hydrogen (secondary N) is 3. The lowest BCUT2D eigenvalue weighted by Crippen LogP contribution is -2.59. The molecule has 1 aromatic heterocycles. The minimum atomic E-state index is -1.22. The topological polar surface area (TPSA) is 170 Å². The molecule has 0 radical (unpaired) electrons. The van der Waals surface area contributed by atoms with E-state index in [4.69, 9.17) is 23.7 Å². The molecule has 3 heterocycles. The molecule has 0 bridgehead atoms. The minimum absolute atomic E-state index is 0.0679. The smallest absolute Gasteiger partial charge is 0.407 e. The number of hydrazine groups is 1. The van der Waals surface area contributed by atoms with Crippen LogP contribution in [0.3, 0.4) is 0 Å². The Labute approximate surface area is 339 Å². The lowest BCUT2D eigenvalue weighted by molar-refractivity contribution is -0.131. The van der Waals surface area contributed by atoms with Crippen molar-refractivity contribution in [3.8, 4) is 17.0 Å². The molecule has 2 fully saturated rings. The van der Waals surface area contributed by atoms with Crippen molar-refractivity contribution in [3.05, 3.63) is 120 Å².